The van der Waals surface area contributed by atoms with E-state index in [1.54, 1.807) is 6.20 Å². The molecular weight excluding hydrogens is 242 g/mol. The SMILES string of the molecule is CC(C)c1nnc(CN[C@H](C)[C@H](C)n2cccn2)o1. The fourth-order valence-electron chi connectivity index (χ4n) is 1.74. The van der Waals surface area contributed by atoms with Crippen molar-refractivity contribution in [2.45, 2.75) is 52.2 Å². The molecule has 2 atom stereocenters. The first-order valence-corrected chi connectivity index (χ1v) is 6.62. The Morgan fingerprint density at radius 1 is 1.26 bits per heavy atom. The fourth-order valence-corrected chi connectivity index (χ4v) is 1.74. The molecule has 1 N–H and O–H groups in total. The van der Waals surface area contributed by atoms with Gasteiger partial charge in [0.2, 0.25) is 11.8 Å². The maximum atomic E-state index is 5.56. The summed E-state index contributed by atoms with van der Waals surface area (Å²) in [6, 6.07) is 2.45. The lowest BCUT2D eigenvalue weighted by molar-refractivity contribution is 0.342. The van der Waals surface area contributed by atoms with Gasteiger partial charge in [-0.3, -0.25) is 4.68 Å². The van der Waals surface area contributed by atoms with Crippen LogP contribution in [0, 0.1) is 0 Å². The van der Waals surface area contributed by atoms with Gasteiger partial charge in [-0.25, -0.2) is 0 Å². The van der Waals surface area contributed by atoms with E-state index in [2.05, 4.69) is 34.5 Å². The minimum Gasteiger partial charge on any atom is -0.424 e. The van der Waals surface area contributed by atoms with Gasteiger partial charge >= 0.3 is 0 Å². The van der Waals surface area contributed by atoms with E-state index in [1.807, 2.05) is 30.8 Å². The molecule has 0 fully saturated rings. The monoisotopic (exact) mass is 263 g/mol. The number of nitrogens with zero attached hydrogens (tertiary/aromatic N) is 4. The van der Waals surface area contributed by atoms with E-state index >= 15 is 0 Å². The van der Waals surface area contributed by atoms with Crippen molar-refractivity contribution in [3.63, 3.8) is 0 Å². The van der Waals surface area contributed by atoms with Crippen LogP contribution in [0.1, 0.15) is 51.4 Å². The molecule has 0 unspecified atom stereocenters. The van der Waals surface area contributed by atoms with Gasteiger partial charge in [0.1, 0.15) is 0 Å². The smallest absolute Gasteiger partial charge is 0.230 e. The van der Waals surface area contributed by atoms with E-state index in [0.717, 1.165) is 0 Å². The second kappa shape index (κ2) is 5.97. The van der Waals surface area contributed by atoms with Crippen LogP contribution in [0.5, 0.6) is 0 Å². The molecule has 0 aliphatic heterocycles. The predicted molar refractivity (Wildman–Crippen MR) is 71.6 cm³/mol. The molecule has 2 aromatic heterocycles. The molecule has 0 radical (unpaired) electrons. The van der Waals surface area contributed by atoms with Crippen LogP contribution in [0.3, 0.4) is 0 Å². The summed E-state index contributed by atoms with van der Waals surface area (Å²) in [6.07, 6.45) is 3.75. The van der Waals surface area contributed by atoms with Gasteiger partial charge in [-0.2, -0.15) is 5.10 Å². The third-order valence-electron chi connectivity index (χ3n) is 3.22. The van der Waals surface area contributed by atoms with Gasteiger partial charge in [0.25, 0.3) is 0 Å². The van der Waals surface area contributed by atoms with E-state index < -0.39 is 0 Å². The highest BCUT2D eigenvalue weighted by molar-refractivity contribution is 4.88. The Bertz CT molecular complexity index is 491. The Balaban J connectivity index is 1.87. The van der Waals surface area contributed by atoms with Crippen LogP contribution in [-0.4, -0.2) is 26.0 Å². The highest BCUT2D eigenvalue weighted by Gasteiger charge is 2.15. The standard InChI is InChI=1S/C13H21N5O/c1-9(2)13-17-16-12(19-13)8-14-10(3)11(4)18-7-5-6-15-18/h5-7,9-11,14H,8H2,1-4H3/t10-,11+/m1/s1. The second-order valence-electron chi connectivity index (χ2n) is 5.08. The van der Waals surface area contributed by atoms with Crippen LogP contribution < -0.4 is 5.32 Å². The average molecular weight is 263 g/mol. The number of aromatic nitrogens is 4. The van der Waals surface area contributed by atoms with Crippen LogP contribution in [0.4, 0.5) is 0 Å². The lowest BCUT2D eigenvalue weighted by atomic mass is 10.2. The molecule has 104 valence electrons. The molecule has 6 heteroatoms. The third-order valence-corrected chi connectivity index (χ3v) is 3.22. The van der Waals surface area contributed by atoms with Crippen molar-refractivity contribution < 1.29 is 4.42 Å². The summed E-state index contributed by atoms with van der Waals surface area (Å²) >= 11 is 0. The highest BCUT2D eigenvalue weighted by atomic mass is 16.4. The first-order valence-electron chi connectivity index (χ1n) is 6.62. The van der Waals surface area contributed by atoms with Crippen LogP contribution in [-0.2, 0) is 6.54 Å². The summed E-state index contributed by atoms with van der Waals surface area (Å²) in [4.78, 5) is 0. The van der Waals surface area contributed by atoms with Gasteiger partial charge in [0.05, 0.1) is 12.6 Å². The molecule has 2 rings (SSSR count). The molecule has 6 nitrogen and oxygen atoms in total. The lowest BCUT2D eigenvalue weighted by Crippen LogP contribution is -2.33. The Kier molecular flexibility index (Phi) is 4.31. The molecule has 0 spiro atoms. The zero-order valence-electron chi connectivity index (χ0n) is 11.9. The van der Waals surface area contributed by atoms with Crippen molar-refractivity contribution in [2.75, 3.05) is 0 Å². The Hall–Kier alpha value is -1.69. The molecule has 0 aliphatic rings. The Labute approximate surface area is 113 Å². The van der Waals surface area contributed by atoms with Gasteiger partial charge in [-0.15, -0.1) is 10.2 Å². The third kappa shape index (κ3) is 3.41. The summed E-state index contributed by atoms with van der Waals surface area (Å²) in [5.74, 6) is 1.58. The van der Waals surface area contributed by atoms with E-state index in [4.69, 9.17) is 4.42 Å². The summed E-state index contributed by atoms with van der Waals surface area (Å²) in [7, 11) is 0. The lowest BCUT2D eigenvalue weighted by Gasteiger charge is -2.20. The quantitative estimate of drug-likeness (QED) is 0.864. The molecule has 0 saturated heterocycles. The molecule has 19 heavy (non-hydrogen) atoms. The maximum absolute atomic E-state index is 5.56. The second-order valence-corrected chi connectivity index (χ2v) is 5.08. The first-order chi connectivity index (χ1) is 9.08. The minimum atomic E-state index is 0.259. The fraction of sp³-hybridized carbons (Fsp3) is 0.615. The zero-order valence-corrected chi connectivity index (χ0v) is 11.9. The Morgan fingerprint density at radius 2 is 2.05 bits per heavy atom. The van der Waals surface area contributed by atoms with Gasteiger partial charge in [0.15, 0.2) is 0 Å². The van der Waals surface area contributed by atoms with E-state index in [1.165, 1.54) is 0 Å². The highest BCUT2D eigenvalue weighted by Crippen LogP contribution is 2.13. The average Bonchev–Trinajstić information content (AvgIpc) is 3.05. The topological polar surface area (TPSA) is 68.8 Å². The van der Waals surface area contributed by atoms with Crippen molar-refractivity contribution in [2.24, 2.45) is 0 Å². The van der Waals surface area contributed by atoms with Crippen LogP contribution in [0.25, 0.3) is 0 Å². The number of nitrogens with one attached hydrogen (secondary N) is 1. The van der Waals surface area contributed by atoms with Crippen LogP contribution >= 0.6 is 0 Å². The summed E-state index contributed by atoms with van der Waals surface area (Å²) in [6.45, 7) is 8.89. The van der Waals surface area contributed by atoms with E-state index in [-0.39, 0.29) is 18.0 Å². The molecule has 2 heterocycles. The molecule has 0 saturated carbocycles. The van der Waals surface area contributed by atoms with Crippen molar-refractivity contribution >= 4 is 0 Å². The van der Waals surface area contributed by atoms with Gasteiger partial charge in [-0.05, 0) is 19.9 Å². The number of rotatable bonds is 6. The van der Waals surface area contributed by atoms with Gasteiger partial charge in [-0.1, -0.05) is 13.8 Å². The predicted octanol–water partition coefficient (Wildman–Crippen LogP) is 2.13. The molecule has 0 aromatic carbocycles. The van der Waals surface area contributed by atoms with Gasteiger partial charge < -0.3 is 9.73 Å². The van der Waals surface area contributed by atoms with Crippen molar-refractivity contribution in [3.05, 3.63) is 30.2 Å². The normalized spacial score (nSPS) is 14.8. The maximum Gasteiger partial charge on any atom is 0.230 e. The molecule has 0 amide bonds. The number of hydrogen-bond acceptors (Lipinski definition) is 5. The summed E-state index contributed by atoms with van der Waals surface area (Å²) < 4.78 is 7.49. The summed E-state index contributed by atoms with van der Waals surface area (Å²) in [5.41, 5.74) is 0. The van der Waals surface area contributed by atoms with Crippen molar-refractivity contribution in [1.29, 1.82) is 0 Å². The van der Waals surface area contributed by atoms with E-state index in [0.29, 0.717) is 18.3 Å². The minimum absolute atomic E-state index is 0.259. The number of hydrogen-bond donors (Lipinski definition) is 1. The summed E-state index contributed by atoms with van der Waals surface area (Å²) in [5, 5.41) is 15.7. The van der Waals surface area contributed by atoms with Crippen molar-refractivity contribution in [1.82, 2.24) is 25.3 Å². The van der Waals surface area contributed by atoms with E-state index in [9.17, 15) is 0 Å². The van der Waals surface area contributed by atoms with Crippen LogP contribution in [0.15, 0.2) is 22.9 Å². The van der Waals surface area contributed by atoms with Crippen molar-refractivity contribution in [3.8, 4) is 0 Å². The Morgan fingerprint density at radius 3 is 2.63 bits per heavy atom. The largest absolute Gasteiger partial charge is 0.424 e. The molecular formula is C13H21N5O. The molecule has 0 bridgehead atoms. The molecule has 0 aliphatic carbocycles. The first kappa shape index (κ1) is 13.7. The van der Waals surface area contributed by atoms with Gasteiger partial charge in [0, 0.05) is 24.4 Å². The molecule has 2 aromatic rings. The zero-order chi connectivity index (χ0) is 13.8. The van der Waals surface area contributed by atoms with Crippen LogP contribution in [0.2, 0.25) is 0 Å².